The Labute approximate surface area is 137 Å². The highest BCUT2D eigenvalue weighted by molar-refractivity contribution is 6.03. The van der Waals surface area contributed by atoms with Crippen LogP contribution in [0.2, 0.25) is 0 Å². The van der Waals surface area contributed by atoms with Gasteiger partial charge in [0.15, 0.2) is 0 Å². The number of hydrogen-bond donors (Lipinski definition) is 1. The van der Waals surface area contributed by atoms with Crippen molar-refractivity contribution in [2.75, 3.05) is 23.3 Å². The molecule has 0 radical (unpaired) electrons. The number of aromatic nitrogens is 1. The summed E-state index contributed by atoms with van der Waals surface area (Å²) >= 11 is 0. The third-order valence-electron chi connectivity index (χ3n) is 4.32. The van der Waals surface area contributed by atoms with Gasteiger partial charge < -0.3 is 10.2 Å². The summed E-state index contributed by atoms with van der Waals surface area (Å²) in [6.07, 6.45) is 6.48. The summed E-state index contributed by atoms with van der Waals surface area (Å²) in [5.41, 5.74) is 3.03. The Balaban J connectivity index is 1.67. The fraction of sp³-hybridized carbons (Fsp3) is 0.368. The lowest BCUT2D eigenvalue weighted by Crippen LogP contribution is -2.29. The number of nitrogens with zero attached hydrogens (tertiary/aromatic N) is 2. The lowest BCUT2D eigenvalue weighted by Gasteiger charge is -2.28. The zero-order valence-electron chi connectivity index (χ0n) is 13.6. The average molecular weight is 309 g/mol. The van der Waals surface area contributed by atoms with Gasteiger partial charge in [-0.05, 0) is 67.6 Å². The molecule has 2 heterocycles. The van der Waals surface area contributed by atoms with Crippen molar-refractivity contribution in [1.82, 2.24) is 4.98 Å². The summed E-state index contributed by atoms with van der Waals surface area (Å²) in [7, 11) is 0. The predicted octanol–water partition coefficient (Wildman–Crippen LogP) is 3.89. The maximum absolute atomic E-state index is 12.3. The largest absolute Gasteiger partial charge is 0.372 e. The Morgan fingerprint density at radius 3 is 2.57 bits per heavy atom. The van der Waals surface area contributed by atoms with Crippen molar-refractivity contribution in [3.63, 3.8) is 0 Å². The molecule has 0 aliphatic carbocycles. The molecule has 4 nitrogen and oxygen atoms in total. The highest BCUT2D eigenvalue weighted by Crippen LogP contribution is 2.20. The van der Waals surface area contributed by atoms with Gasteiger partial charge in [0.2, 0.25) is 0 Å². The molecule has 0 unspecified atom stereocenters. The molecule has 1 saturated heterocycles. The van der Waals surface area contributed by atoms with Crippen LogP contribution in [-0.2, 0) is 6.42 Å². The van der Waals surface area contributed by atoms with Crippen LogP contribution in [-0.4, -0.2) is 24.0 Å². The number of benzene rings is 1. The number of piperidine rings is 1. The van der Waals surface area contributed by atoms with E-state index in [1.807, 2.05) is 36.4 Å². The standard InChI is InChI=1S/C19H23N3O/c1-2-15-10-11-20-18(14-15)21-19(23)16-6-8-17(9-7-16)22-12-4-3-5-13-22/h6-11,14H,2-5,12-13H2,1H3,(H,20,21,23). The second kappa shape index (κ2) is 7.27. The molecule has 0 atom stereocenters. The van der Waals surface area contributed by atoms with Crippen molar-refractivity contribution in [3.8, 4) is 0 Å². The number of anilines is 2. The van der Waals surface area contributed by atoms with E-state index in [2.05, 4.69) is 22.1 Å². The van der Waals surface area contributed by atoms with E-state index in [4.69, 9.17) is 0 Å². The first-order valence-corrected chi connectivity index (χ1v) is 8.37. The Morgan fingerprint density at radius 2 is 1.87 bits per heavy atom. The van der Waals surface area contributed by atoms with Crippen LogP contribution in [0.5, 0.6) is 0 Å². The van der Waals surface area contributed by atoms with Crippen molar-refractivity contribution in [2.45, 2.75) is 32.6 Å². The Bertz CT molecular complexity index is 661. The van der Waals surface area contributed by atoms with Gasteiger partial charge in [0.05, 0.1) is 0 Å². The lowest BCUT2D eigenvalue weighted by atomic mass is 10.1. The number of carbonyl (C=O) groups is 1. The molecule has 1 aromatic heterocycles. The van der Waals surface area contributed by atoms with E-state index in [0.717, 1.165) is 25.1 Å². The topological polar surface area (TPSA) is 45.2 Å². The second-order valence-corrected chi connectivity index (χ2v) is 5.95. The first-order valence-electron chi connectivity index (χ1n) is 8.37. The maximum atomic E-state index is 12.3. The van der Waals surface area contributed by atoms with Gasteiger partial charge in [0, 0.05) is 30.5 Å². The molecular formula is C19H23N3O. The van der Waals surface area contributed by atoms with Gasteiger partial charge in [0.1, 0.15) is 5.82 Å². The van der Waals surface area contributed by atoms with Crippen molar-refractivity contribution in [3.05, 3.63) is 53.7 Å². The number of carbonyl (C=O) groups excluding carboxylic acids is 1. The molecule has 4 heteroatoms. The molecule has 23 heavy (non-hydrogen) atoms. The first-order chi connectivity index (χ1) is 11.3. The van der Waals surface area contributed by atoms with Gasteiger partial charge in [-0.3, -0.25) is 4.79 Å². The quantitative estimate of drug-likeness (QED) is 0.932. The molecule has 1 N–H and O–H groups in total. The summed E-state index contributed by atoms with van der Waals surface area (Å²) in [4.78, 5) is 18.9. The lowest BCUT2D eigenvalue weighted by molar-refractivity contribution is 0.102. The Hall–Kier alpha value is -2.36. The summed E-state index contributed by atoms with van der Waals surface area (Å²) in [5, 5.41) is 2.87. The molecule has 1 aliphatic rings. The van der Waals surface area contributed by atoms with Gasteiger partial charge in [-0.25, -0.2) is 4.98 Å². The van der Waals surface area contributed by atoms with Gasteiger partial charge in [0.25, 0.3) is 5.91 Å². The smallest absolute Gasteiger partial charge is 0.256 e. The summed E-state index contributed by atoms with van der Waals surface area (Å²) in [5.74, 6) is 0.491. The summed E-state index contributed by atoms with van der Waals surface area (Å²) in [6, 6.07) is 11.7. The monoisotopic (exact) mass is 309 g/mol. The SMILES string of the molecule is CCc1ccnc(NC(=O)c2ccc(N3CCCCC3)cc2)c1. The van der Waals surface area contributed by atoms with E-state index >= 15 is 0 Å². The van der Waals surface area contributed by atoms with Crippen LogP contribution >= 0.6 is 0 Å². The molecule has 0 spiro atoms. The highest BCUT2D eigenvalue weighted by Gasteiger charge is 2.12. The molecule has 2 aromatic rings. The van der Waals surface area contributed by atoms with Crippen molar-refractivity contribution < 1.29 is 4.79 Å². The molecule has 0 bridgehead atoms. The summed E-state index contributed by atoms with van der Waals surface area (Å²) < 4.78 is 0. The Morgan fingerprint density at radius 1 is 1.13 bits per heavy atom. The van der Waals surface area contributed by atoms with E-state index in [0.29, 0.717) is 11.4 Å². The van der Waals surface area contributed by atoms with Crippen LogP contribution in [0.25, 0.3) is 0 Å². The number of rotatable bonds is 4. The van der Waals surface area contributed by atoms with Crippen LogP contribution in [0.3, 0.4) is 0 Å². The molecule has 1 aromatic carbocycles. The normalized spacial score (nSPS) is 14.6. The van der Waals surface area contributed by atoms with Crippen molar-refractivity contribution in [2.24, 2.45) is 0 Å². The predicted molar refractivity (Wildman–Crippen MR) is 94.1 cm³/mol. The molecule has 1 fully saturated rings. The van der Waals surface area contributed by atoms with Crippen molar-refractivity contribution >= 4 is 17.4 Å². The molecule has 1 aliphatic heterocycles. The fourth-order valence-corrected chi connectivity index (χ4v) is 2.93. The molecule has 1 amide bonds. The number of pyridine rings is 1. The molecular weight excluding hydrogens is 286 g/mol. The van der Waals surface area contributed by atoms with E-state index in [-0.39, 0.29) is 5.91 Å². The first kappa shape index (κ1) is 15.5. The molecule has 120 valence electrons. The van der Waals surface area contributed by atoms with E-state index in [1.165, 1.54) is 24.9 Å². The van der Waals surface area contributed by atoms with E-state index in [1.54, 1.807) is 6.20 Å². The van der Waals surface area contributed by atoms with Crippen LogP contribution < -0.4 is 10.2 Å². The van der Waals surface area contributed by atoms with Crippen LogP contribution in [0.1, 0.15) is 42.1 Å². The molecule has 3 rings (SSSR count). The van der Waals surface area contributed by atoms with E-state index < -0.39 is 0 Å². The zero-order valence-corrected chi connectivity index (χ0v) is 13.6. The molecule has 0 saturated carbocycles. The minimum Gasteiger partial charge on any atom is -0.372 e. The second-order valence-electron chi connectivity index (χ2n) is 5.95. The zero-order chi connectivity index (χ0) is 16.1. The average Bonchev–Trinajstić information content (AvgIpc) is 2.63. The van der Waals surface area contributed by atoms with E-state index in [9.17, 15) is 4.79 Å². The number of nitrogens with one attached hydrogen (secondary N) is 1. The Kier molecular flexibility index (Phi) is 4.91. The van der Waals surface area contributed by atoms with Gasteiger partial charge in [-0.2, -0.15) is 0 Å². The minimum atomic E-state index is -0.115. The van der Waals surface area contributed by atoms with Gasteiger partial charge in [-0.1, -0.05) is 6.92 Å². The van der Waals surface area contributed by atoms with Gasteiger partial charge in [-0.15, -0.1) is 0 Å². The summed E-state index contributed by atoms with van der Waals surface area (Å²) in [6.45, 7) is 4.30. The number of amides is 1. The third kappa shape index (κ3) is 3.89. The number of aryl methyl sites for hydroxylation is 1. The minimum absolute atomic E-state index is 0.115. The van der Waals surface area contributed by atoms with Gasteiger partial charge >= 0.3 is 0 Å². The maximum Gasteiger partial charge on any atom is 0.256 e. The van der Waals surface area contributed by atoms with Crippen LogP contribution in [0.4, 0.5) is 11.5 Å². The van der Waals surface area contributed by atoms with Crippen LogP contribution in [0.15, 0.2) is 42.6 Å². The van der Waals surface area contributed by atoms with Crippen molar-refractivity contribution in [1.29, 1.82) is 0 Å². The van der Waals surface area contributed by atoms with Crippen LogP contribution in [0, 0.1) is 0 Å². The number of hydrogen-bond acceptors (Lipinski definition) is 3. The third-order valence-corrected chi connectivity index (χ3v) is 4.32. The fourth-order valence-electron chi connectivity index (χ4n) is 2.93. The highest BCUT2D eigenvalue weighted by atomic mass is 16.1.